The molecule has 0 aliphatic rings. The van der Waals surface area contributed by atoms with Crippen molar-refractivity contribution in [2.75, 3.05) is 5.32 Å². The molecule has 0 aliphatic carbocycles. The molecule has 5 nitrogen and oxygen atoms in total. The van der Waals surface area contributed by atoms with E-state index in [-0.39, 0.29) is 0 Å². The molecule has 0 aliphatic heterocycles. The Labute approximate surface area is 110 Å². The molecule has 1 N–H and O–H groups in total. The summed E-state index contributed by atoms with van der Waals surface area (Å²) in [5.74, 6) is 0.296. The molecule has 0 aromatic heterocycles. The van der Waals surface area contributed by atoms with E-state index in [1.54, 1.807) is 32.9 Å². The average Bonchev–Trinajstić information content (AvgIpc) is 2.17. The van der Waals surface area contributed by atoms with Gasteiger partial charge in [0.2, 0.25) is 0 Å². The summed E-state index contributed by atoms with van der Waals surface area (Å²) in [6.45, 7) is 5.32. The van der Waals surface area contributed by atoms with Crippen molar-refractivity contribution in [3.8, 4) is 5.75 Å². The molecule has 0 saturated carbocycles. The second-order valence-electron chi connectivity index (χ2n) is 4.49. The number of anilines is 1. The fourth-order valence-corrected chi connectivity index (χ4v) is 1.21. The predicted octanol–water partition coefficient (Wildman–Crippen LogP) is 3.77. The standard InChI is InChI=1S/C12H14ClNO4/c1-12(2,3)18-11(16)14-8-4-6-9(7-5-8)17-10(13)15/h4-7H,1-3H3,(H,14,16). The Bertz CT molecular complexity index is 436. The van der Waals surface area contributed by atoms with Gasteiger partial charge in [0.15, 0.2) is 0 Å². The topological polar surface area (TPSA) is 64.6 Å². The second kappa shape index (κ2) is 5.73. The van der Waals surface area contributed by atoms with E-state index in [0.717, 1.165) is 0 Å². The van der Waals surface area contributed by atoms with Gasteiger partial charge in [-0.2, -0.15) is 0 Å². The molecule has 0 heterocycles. The lowest BCUT2D eigenvalue weighted by molar-refractivity contribution is 0.0636. The number of carbonyl (C=O) groups is 2. The van der Waals surface area contributed by atoms with Crippen LogP contribution >= 0.6 is 11.6 Å². The van der Waals surface area contributed by atoms with Gasteiger partial charge < -0.3 is 9.47 Å². The van der Waals surface area contributed by atoms with Crippen LogP contribution in [0.4, 0.5) is 15.3 Å². The lowest BCUT2D eigenvalue weighted by Gasteiger charge is -2.19. The summed E-state index contributed by atoms with van der Waals surface area (Å²) in [6, 6.07) is 6.15. The van der Waals surface area contributed by atoms with Gasteiger partial charge in [-0.1, -0.05) is 0 Å². The van der Waals surface area contributed by atoms with Gasteiger partial charge in [0.05, 0.1) is 0 Å². The highest BCUT2D eigenvalue weighted by Gasteiger charge is 2.16. The van der Waals surface area contributed by atoms with Crippen LogP contribution in [0, 0.1) is 0 Å². The molecule has 18 heavy (non-hydrogen) atoms. The summed E-state index contributed by atoms with van der Waals surface area (Å²) in [7, 11) is 0. The SMILES string of the molecule is CC(C)(C)OC(=O)Nc1ccc(OC(=O)Cl)cc1. The predicted molar refractivity (Wildman–Crippen MR) is 68.2 cm³/mol. The Morgan fingerprint density at radius 2 is 1.72 bits per heavy atom. The third-order valence-corrected chi connectivity index (χ3v) is 1.77. The van der Waals surface area contributed by atoms with Crippen molar-refractivity contribution in [3.05, 3.63) is 24.3 Å². The van der Waals surface area contributed by atoms with Crippen LogP contribution < -0.4 is 10.1 Å². The molecule has 0 bridgehead atoms. The molecule has 1 amide bonds. The van der Waals surface area contributed by atoms with Crippen molar-refractivity contribution in [1.29, 1.82) is 0 Å². The Morgan fingerprint density at radius 1 is 1.17 bits per heavy atom. The maximum Gasteiger partial charge on any atom is 0.412 e. The first-order valence-electron chi connectivity index (χ1n) is 5.24. The van der Waals surface area contributed by atoms with Crippen LogP contribution in [0.1, 0.15) is 20.8 Å². The van der Waals surface area contributed by atoms with Crippen molar-refractivity contribution < 1.29 is 19.1 Å². The highest BCUT2D eigenvalue weighted by Crippen LogP contribution is 2.17. The molecule has 1 aromatic carbocycles. The number of halogens is 1. The number of hydrogen-bond donors (Lipinski definition) is 1. The fraction of sp³-hybridized carbons (Fsp3) is 0.333. The van der Waals surface area contributed by atoms with Crippen molar-refractivity contribution in [3.63, 3.8) is 0 Å². The summed E-state index contributed by atoms with van der Waals surface area (Å²) < 4.78 is 9.72. The van der Waals surface area contributed by atoms with Crippen molar-refractivity contribution in [2.45, 2.75) is 26.4 Å². The van der Waals surface area contributed by atoms with Crippen LogP contribution in [0.25, 0.3) is 0 Å². The third kappa shape index (κ3) is 5.54. The van der Waals surface area contributed by atoms with Gasteiger partial charge in [-0.25, -0.2) is 9.59 Å². The Balaban J connectivity index is 2.58. The van der Waals surface area contributed by atoms with Gasteiger partial charge in [-0.15, -0.1) is 0 Å². The minimum atomic E-state index is -0.914. The van der Waals surface area contributed by atoms with Gasteiger partial charge in [0.25, 0.3) is 0 Å². The molecule has 1 aromatic rings. The van der Waals surface area contributed by atoms with Crippen molar-refractivity contribution >= 4 is 28.8 Å². The summed E-state index contributed by atoms with van der Waals surface area (Å²) in [4.78, 5) is 21.9. The van der Waals surface area contributed by atoms with E-state index in [0.29, 0.717) is 11.4 Å². The summed E-state index contributed by atoms with van der Waals surface area (Å²) in [5, 5.41) is 2.54. The first-order chi connectivity index (χ1) is 8.26. The molecule has 1 rings (SSSR count). The molecule has 6 heteroatoms. The van der Waals surface area contributed by atoms with Gasteiger partial charge in [0.1, 0.15) is 11.4 Å². The normalized spacial score (nSPS) is 10.7. The van der Waals surface area contributed by atoms with Gasteiger partial charge >= 0.3 is 11.5 Å². The number of rotatable bonds is 2. The van der Waals surface area contributed by atoms with Crippen LogP contribution in [0.3, 0.4) is 0 Å². The third-order valence-electron chi connectivity index (χ3n) is 1.70. The lowest BCUT2D eigenvalue weighted by atomic mass is 10.2. The van der Waals surface area contributed by atoms with Crippen molar-refractivity contribution in [1.82, 2.24) is 0 Å². The molecule has 0 saturated heterocycles. The van der Waals surface area contributed by atoms with E-state index in [1.165, 1.54) is 12.1 Å². The van der Waals surface area contributed by atoms with Gasteiger partial charge in [-0.05, 0) is 45.0 Å². The van der Waals surface area contributed by atoms with Crippen LogP contribution in [-0.2, 0) is 4.74 Å². The van der Waals surface area contributed by atoms with Crippen LogP contribution in [0.15, 0.2) is 24.3 Å². The van der Waals surface area contributed by atoms with Gasteiger partial charge in [-0.3, -0.25) is 5.32 Å². The Hall–Kier alpha value is -1.75. The molecular formula is C12H14ClNO4. The number of amides is 1. The fourth-order valence-electron chi connectivity index (χ4n) is 1.12. The van der Waals surface area contributed by atoms with E-state index in [2.05, 4.69) is 10.1 Å². The largest absolute Gasteiger partial charge is 0.444 e. The maximum atomic E-state index is 11.5. The monoisotopic (exact) mass is 271 g/mol. The van der Waals surface area contributed by atoms with E-state index in [9.17, 15) is 9.59 Å². The highest BCUT2D eigenvalue weighted by atomic mass is 35.5. The highest BCUT2D eigenvalue weighted by molar-refractivity contribution is 6.61. The van der Waals surface area contributed by atoms with E-state index < -0.39 is 17.1 Å². The number of benzene rings is 1. The summed E-state index contributed by atoms with van der Waals surface area (Å²) in [6.07, 6.45) is -0.551. The Kier molecular flexibility index (Phi) is 4.55. The lowest BCUT2D eigenvalue weighted by Crippen LogP contribution is -2.27. The van der Waals surface area contributed by atoms with E-state index in [1.807, 2.05) is 0 Å². The number of hydrogen-bond acceptors (Lipinski definition) is 4. The first-order valence-corrected chi connectivity index (χ1v) is 5.61. The first kappa shape index (κ1) is 14.3. The molecule has 98 valence electrons. The molecule has 0 unspecified atom stereocenters. The smallest absolute Gasteiger partial charge is 0.412 e. The Morgan fingerprint density at radius 3 is 2.17 bits per heavy atom. The maximum absolute atomic E-state index is 11.5. The van der Waals surface area contributed by atoms with Crippen LogP contribution in [0.5, 0.6) is 5.75 Å². The van der Waals surface area contributed by atoms with Gasteiger partial charge in [0, 0.05) is 17.3 Å². The second-order valence-corrected chi connectivity index (χ2v) is 4.80. The summed E-state index contributed by atoms with van der Waals surface area (Å²) >= 11 is 5.06. The molecule has 0 spiro atoms. The zero-order valence-electron chi connectivity index (χ0n) is 10.3. The van der Waals surface area contributed by atoms with Crippen LogP contribution in [0.2, 0.25) is 0 Å². The number of nitrogens with one attached hydrogen (secondary N) is 1. The van der Waals surface area contributed by atoms with Crippen molar-refractivity contribution in [2.24, 2.45) is 0 Å². The average molecular weight is 272 g/mol. The zero-order chi connectivity index (χ0) is 13.8. The summed E-state index contributed by atoms with van der Waals surface area (Å²) in [5.41, 5.74) is -0.945. The zero-order valence-corrected chi connectivity index (χ0v) is 11.1. The number of carbonyl (C=O) groups excluding carboxylic acids is 2. The minimum absolute atomic E-state index is 0.296. The van der Waals surface area contributed by atoms with E-state index in [4.69, 9.17) is 16.3 Å². The molecule has 0 radical (unpaired) electrons. The van der Waals surface area contributed by atoms with Crippen LogP contribution in [-0.4, -0.2) is 17.1 Å². The molecular weight excluding hydrogens is 258 g/mol. The molecule has 0 fully saturated rings. The van der Waals surface area contributed by atoms with E-state index >= 15 is 0 Å². The quantitative estimate of drug-likeness (QED) is 0.832. The minimum Gasteiger partial charge on any atom is -0.444 e. The number of ether oxygens (including phenoxy) is 2. The molecule has 0 atom stereocenters.